The van der Waals surface area contributed by atoms with Gasteiger partial charge in [0.1, 0.15) is 5.69 Å². The van der Waals surface area contributed by atoms with Crippen LogP contribution >= 0.6 is 0 Å². The Kier molecular flexibility index (Phi) is 7.27. The normalized spacial score (nSPS) is 14.3. The second-order valence-corrected chi connectivity index (χ2v) is 7.01. The van der Waals surface area contributed by atoms with Crippen molar-refractivity contribution < 1.29 is 20.9 Å². The van der Waals surface area contributed by atoms with E-state index >= 15 is 0 Å². The average molecular weight is 420 g/mol. The van der Waals surface area contributed by atoms with Crippen molar-refractivity contribution in [2.45, 2.75) is 13.8 Å². The van der Waals surface area contributed by atoms with Gasteiger partial charge < -0.3 is 10.4 Å². The van der Waals surface area contributed by atoms with E-state index in [1.54, 1.807) is 6.92 Å². The fraction of sp³-hybridized carbons (Fsp3) is 0.0870. The van der Waals surface area contributed by atoms with Gasteiger partial charge in [0.15, 0.2) is 11.4 Å². The quantitative estimate of drug-likeness (QED) is 0.297. The van der Waals surface area contributed by atoms with Gasteiger partial charge in [-0.1, -0.05) is 54.6 Å². The summed E-state index contributed by atoms with van der Waals surface area (Å²) in [6, 6.07) is 22.2. The number of hydrogen-bond acceptors (Lipinski definition) is 6. The minimum atomic E-state index is -1.23. The van der Waals surface area contributed by atoms with E-state index in [2.05, 4.69) is 34.8 Å². The Bertz CT molecular complexity index is 1080. The van der Waals surface area contributed by atoms with E-state index in [-0.39, 0.29) is 17.1 Å². The molecule has 31 heavy (non-hydrogen) atoms. The number of anilines is 1. The summed E-state index contributed by atoms with van der Waals surface area (Å²) in [4.78, 5) is 0. The van der Waals surface area contributed by atoms with Gasteiger partial charge >= 0.3 is 0 Å². The smallest absolute Gasteiger partial charge is 0.195 e. The van der Waals surface area contributed by atoms with Crippen molar-refractivity contribution in [2.24, 2.45) is 5.10 Å². The number of benzene rings is 3. The fourth-order valence-electron chi connectivity index (χ4n) is 3.09. The molecule has 3 aromatic rings. The lowest BCUT2D eigenvalue weighted by Gasteiger charge is -2.18. The molecule has 2 atom stereocenters. The molecule has 0 fully saturated rings. The van der Waals surface area contributed by atoms with E-state index < -0.39 is 10.5 Å². The van der Waals surface area contributed by atoms with Gasteiger partial charge in [-0.05, 0) is 48.3 Å². The highest BCUT2D eigenvalue weighted by Crippen LogP contribution is 2.23. The van der Waals surface area contributed by atoms with Crippen LogP contribution in [-0.4, -0.2) is 16.1 Å². The largest absolute Gasteiger partial charge is 0.595 e. The van der Waals surface area contributed by atoms with Crippen molar-refractivity contribution in [1.29, 1.82) is 0 Å². The molecule has 0 saturated carbocycles. The Balaban J connectivity index is 1.75. The second-order valence-electron chi connectivity index (χ2n) is 7.01. The second kappa shape index (κ2) is 10.1. The Morgan fingerprint density at radius 1 is 0.871 bits per heavy atom. The third-order valence-electron chi connectivity index (χ3n) is 4.72. The maximum Gasteiger partial charge on any atom is 0.195 e. The molecule has 0 aliphatic carbocycles. The molecular weight excluding hydrogens is 396 g/mol. The summed E-state index contributed by atoms with van der Waals surface area (Å²) in [6.07, 6.45) is 1.89. The lowest BCUT2D eigenvalue weighted by Crippen LogP contribution is -3.00. The number of hydrogen-bond donors (Lipinski definition) is 5. The Morgan fingerprint density at radius 2 is 1.52 bits per heavy atom. The van der Waals surface area contributed by atoms with E-state index in [9.17, 15) is 15.6 Å². The molecule has 0 spiro atoms. The molecule has 8 heteroatoms. The number of nitrogens with zero attached hydrogens (tertiary/aromatic N) is 1. The molecule has 0 aromatic heterocycles. The number of rotatable bonds is 7. The molecule has 5 N–H and O–H groups in total. The fourth-order valence-corrected chi connectivity index (χ4v) is 3.09. The van der Waals surface area contributed by atoms with Gasteiger partial charge in [0.2, 0.25) is 0 Å². The van der Waals surface area contributed by atoms with Gasteiger partial charge in [-0.2, -0.15) is 15.6 Å². The van der Waals surface area contributed by atoms with Crippen molar-refractivity contribution in [1.82, 2.24) is 0 Å². The molecule has 0 aliphatic heterocycles. The van der Waals surface area contributed by atoms with Gasteiger partial charge in [0.05, 0.1) is 11.8 Å². The van der Waals surface area contributed by atoms with Crippen LogP contribution in [-0.2, 0) is 0 Å². The van der Waals surface area contributed by atoms with Crippen molar-refractivity contribution in [3.8, 4) is 11.1 Å². The Morgan fingerprint density at radius 3 is 2.13 bits per heavy atom. The topological polar surface area (TPSA) is 120 Å². The molecule has 0 bridgehead atoms. The molecule has 160 valence electrons. The van der Waals surface area contributed by atoms with E-state index in [1.165, 1.54) is 12.1 Å². The van der Waals surface area contributed by atoms with Gasteiger partial charge in [0.25, 0.3) is 0 Å². The van der Waals surface area contributed by atoms with Crippen LogP contribution in [0.1, 0.15) is 19.4 Å². The summed E-state index contributed by atoms with van der Waals surface area (Å²) in [7, 11) is 0. The van der Waals surface area contributed by atoms with Crippen LogP contribution in [0.3, 0.4) is 0 Å². The minimum Gasteiger partial charge on any atom is -0.595 e. The molecule has 0 heterocycles. The maximum absolute atomic E-state index is 11.4. The molecule has 3 rings (SSSR count). The first-order chi connectivity index (χ1) is 14.8. The van der Waals surface area contributed by atoms with Crippen LogP contribution in [0.2, 0.25) is 0 Å². The summed E-state index contributed by atoms with van der Waals surface area (Å²) >= 11 is 0. The third-order valence-corrected chi connectivity index (χ3v) is 4.72. The Labute approximate surface area is 180 Å². The number of allylic oxidation sites excluding steroid dienone is 2. The van der Waals surface area contributed by atoms with Gasteiger partial charge in [-0.25, -0.2) is 10.4 Å². The lowest BCUT2D eigenvalue weighted by molar-refractivity contribution is -0.996. The highest BCUT2D eigenvalue weighted by Gasteiger charge is 2.13. The monoisotopic (exact) mass is 420 g/mol. The average Bonchev–Trinajstić information content (AvgIpc) is 2.78. The first-order valence-corrected chi connectivity index (χ1v) is 9.60. The first-order valence-electron chi connectivity index (χ1n) is 9.60. The van der Waals surface area contributed by atoms with Crippen molar-refractivity contribution in [3.63, 3.8) is 0 Å². The summed E-state index contributed by atoms with van der Waals surface area (Å²) in [6.45, 7) is 3.77. The van der Waals surface area contributed by atoms with Crippen molar-refractivity contribution >= 4 is 28.3 Å². The van der Waals surface area contributed by atoms with Crippen LogP contribution in [0.5, 0.6) is 0 Å². The van der Waals surface area contributed by atoms with E-state index in [1.807, 2.05) is 43.3 Å². The molecule has 0 saturated heterocycles. The van der Waals surface area contributed by atoms with Crippen LogP contribution in [0.4, 0.5) is 17.1 Å². The van der Waals surface area contributed by atoms with Crippen LogP contribution in [0.15, 0.2) is 84.0 Å². The van der Waals surface area contributed by atoms with Crippen LogP contribution in [0.25, 0.3) is 16.7 Å². The number of quaternary nitrogens is 2. The molecule has 0 radical (unpaired) electrons. The number of nitrogens with one attached hydrogen (secondary N) is 3. The SMILES string of the molecule is CC(=CC(C)=NNc1ccc([NH+]([O-])O)cc1[NH+]([O-])O)c1ccc(-c2ccccc2)cc1. The summed E-state index contributed by atoms with van der Waals surface area (Å²) < 4.78 is 0. The van der Waals surface area contributed by atoms with Crippen LogP contribution in [0, 0.1) is 10.4 Å². The summed E-state index contributed by atoms with van der Waals surface area (Å²) in [5.74, 6) is 0. The van der Waals surface area contributed by atoms with Gasteiger partial charge in [0, 0.05) is 6.07 Å². The maximum atomic E-state index is 11.4. The molecule has 0 amide bonds. The van der Waals surface area contributed by atoms with Gasteiger partial charge in [-0.3, -0.25) is 5.43 Å². The zero-order chi connectivity index (χ0) is 22.4. The van der Waals surface area contributed by atoms with E-state index in [4.69, 9.17) is 5.21 Å². The van der Waals surface area contributed by atoms with Crippen molar-refractivity contribution in [3.05, 3.63) is 94.9 Å². The zero-order valence-corrected chi connectivity index (χ0v) is 17.2. The minimum absolute atomic E-state index is 0.0988. The Hall–Kier alpha value is -3.37. The predicted molar refractivity (Wildman–Crippen MR) is 120 cm³/mol. The molecule has 3 aromatic carbocycles. The third kappa shape index (κ3) is 5.83. The molecule has 0 aliphatic rings. The standard InChI is InChI=1S/C23H24N4O4/c1-16(18-8-10-20(11-9-18)19-6-4-3-5-7-19)14-17(2)24-25-22-13-12-21(26(28)29)15-23(22)27(30)31/h3-15,25-28,30H,1-2H3. The van der Waals surface area contributed by atoms with Crippen molar-refractivity contribution in [2.75, 3.05) is 5.43 Å². The number of hydrazone groups is 1. The van der Waals surface area contributed by atoms with Gasteiger partial charge in [-0.15, -0.1) is 0 Å². The summed E-state index contributed by atoms with van der Waals surface area (Å²) in [5.41, 5.74) is 7.66. The van der Waals surface area contributed by atoms with E-state index in [0.29, 0.717) is 5.71 Å². The molecular formula is C23H24N4O4. The molecule has 8 nitrogen and oxygen atoms in total. The van der Waals surface area contributed by atoms with E-state index in [0.717, 1.165) is 28.3 Å². The highest BCUT2D eigenvalue weighted by molar-refractivity contribution is 5.99. The zero-order valence-electron chi connectivity index (χ0n) is 17.2. The molecule has 2 unspecified atom stereocenters. The highest BCUT2D eigenvalue weighted by atomic mass is 16.8. The lowest BCUT2D eigenvalue weighted by atomic mass is 10.0. The first kappa shape index (κ1) is 22.3. The predicted octanol–water partition coefficient (Wildman–Crippen LogP) is 3.05. The summed E-state index contributed by atoms with van der Waals surface area (Å²) in [5, 5.41) is 42.7. The van der Waals surface area contributed by atoms with Crippen LogP contribution < -0.4 is 15.9 Å².